The van der Waals surface area contributed by atoms with E-state index in [1.54, 1.807) is 0 Å². The van der Waals surface area contributed by atoms with Crippen LogP contribution in [0.1, 0.15) is 38.5 Å². The van der Waals surface area contributed by atoms with Crippen molar-refractivity contribution in [3.63, 3.8) is 0 Å². The Kier molecular flexibility index (Phi) is 1.37. The molecule has 3 heteroatoms. The van der Waals surface area contributed by atoms with Crippen molar-refractivity contribution in [3.8, 4) is 0 Å². The Balaban J connectivity index is 1.33. The zero-order chi connectivity index (χ0) is 12.9. The summed E-state index contributed by atoms with van der Waals surface area (Å²) in [5.74, 6) is 3.27. The molecule has 10 unspecified atom stereocenters. The van der Waals surface area contributed by atoms with Crippen LogP contribution in [0.2, 0.25) is 0 Å². The van der Waals surface area contributed by atoms with Gasteiger partial charge in [0.15, 0.2) is 0 Å². The zero-order valence-corrected chi connectivity index (χ0v) is 11.6. The zero-order valence-electron chi connectivity index (χ0n) is 11.6. The molecule has 7 rings (SSSR count). The van der Waals surface area contributed by atoms with E-state index in [1.807, 2.05) is 0 Å². The number of Topliss-reactive ketones (excluding diaryl/α,β-unsaturated/α-hetero) is 1. The predicted molar refractivity (Wildman–Crippen MR) is 68.9 cm³/mol. The molecule has 0 aromatic rings. The van der Waals surface area contributed by atoms with E-state index in [4.69, 9.17) is 9.47 Å². The van der Waals surface area contributed by atoms with Crippen molar-refractivity contribution in [2.45, 2.75) is 62.9 Å². The fourth-order valence-corrected chi connectivity index (χ4v) is 7.85. The molecule has 5 aliphatic carbocycles. The van der Waals surface area contributed by atoms with E-state index in [-0.39, 0.29) is 10.8 Å². The number of epoxide rings is 2. The molecule has 2 heterocycles. The summed E-state index contributed by atoms with van der Waals surface area (Å²) < 4.78 is 11.7. The minimum absolute atomic E-state index is 0.0389. The summed E-state index contributed by atoms with van der Waals surface area (Å²) in [4.78, 5) is 13.6. The SMILES string of the molecule is O=C1C2(CCC13CC1CC3C3OC13)CC1CC2C2OC12. The van der Waals surface area contributed by atoms with Gasteiger partial charge >= 0.3 is 0 Å². The van der Waals surface area contributed by atoms with Gasteiger partial charge in [-0.3, -0.25) is 4.79 Å². The van der Waals surface area contributed by atoms with E-state index in [9.17, 15) is 4.79 Å². The number of fused-ring (bicyclic) bond motifs is 12. The molecule has 4 bridgehead atoms. The molecule has 0 aromatic carbocycles. The second-order valence-electron chi connectivity index (χ2n) is 8.88. The monoisotopic (exact) mass is 272 g/mol. The first kappa shape index (κ1) is 10.3. The number of hydrogen-bond acceptors (Lipinski definition) is 3. The highest BCUT2D eigenvalue weighted by Crippen LogP contribution is 2.75. The van der Waals surface area contributed by atoms with Crippen molar-refractivity contribution in [1.29, 1.82) is 0 Å². The molecule has 10 atom stereocenters. The summed E-state index contributed by atoms with van der Waals surface area (Å²) in [5.41, 5.74) is 0.0778. The van der Waals surface area contributed by atoms with Crippen LogP contribution in [0, 0.1) is 34.5 Å². The first-order valence-electron chi connectivity index (χ1n) is 8.59. The Morgan fingerprint density at radius 1 is 0.800 bits per heavy atom. The Labute approximate surface area is 118 Å². The highest BCUT2D eigenvalue weighted by Gasteiger charge is 2.79. The molecule has 7 aliphatic rings. The molecular formula is C17H20O3. The van der Waals surface area contributed by atoms with Crippen molar-refractivity contribution in [2.24, 2.45) is 34.5 Å². The van der Waals surface area contributed by atoms with Crippen LogP contribution < -0.4 is 0 Å². The topological polar surface area (TPSA) is 42.1 Å². The number of rotatable bonds is 0. The molecule has 106 valence electrons. The largest absolute Gasteiger partial charge is 0.369 e. The molecule has 0 radical (unpaired) electrons. The number of ether oxygens (including phenoxy) is 2. The maximum absolute atomic E-state index is 13.6. The number of carbonyl (C=O) groups is 1. The van der Waals surface area contributed by atoms with Crippen LogP contribution in [-0.4, -0.2) is 30.2 Å². The quantitative estimate of drug-likeness (QED) is 0.633. The molecule has 0 N–H and O–H groups in total. The molecule has 5 saturated carbocycles. The third-order valence-corrected chi connectivity index (χ3v) is 8.55. The van der Waals surface area contributed by atoms with Gasteiger partial charge in [-0.1, -0.05) is 0 Å². The molecule has 2 aliphatic heterocycles. The average molecular weight is 272 g/mol. The van der Waals surface area contributed by atoms with Crippen LogP contribution in [0.15, 0.2) is 0 Å². The van der Waals surface area contributed by atoms with Gasteiger partial charge in [0.2, 0.25) is 0 Å². The van der Waals surface area contributed by atoms with Gasteiger partial charge in [0, 0.05) is 22.7 Å². The summed E-state index contributed by atoms with van der Waals surface area (Å²) in [7, 11) is 0. The lowest BCUT2D eigenvalue weighted by atomic mass is 9.64. The highest BCUT2D eigenvalue weighted by molar-refractivity contribution is 5.94. The van der Waals surface area contributed by atoms with E-state index < -0.39 is 0 Å². The average Bonchev–Trinajstić information content (AvgIpc) is 3.28. The van der Waals surface area contributed by atoms with Crippen LogP contribution >= 0.6 is 0 Å². The summed E-state index contributed by atoms with van der Waals surface area (Å²) >= 11 is 0. The smallest absolute Gasteiger partial charge is 0.145 e. The fraction of sp³-hybridized carbons (Fsp3) is 0.941. The summed E-state index contributed by atoms with van der Waals surface area (Å²) in [6, 6.07) is 0. The molecule has 2 saturated heterocycles. The van der Waals surface area contributed by atoms with Gasteiger partial charge < -0.3 is 9.47 Å². The minimum Gasteiger partial charge on any atom is -0.369 e. The lowest BCUT2D eigenvalue weighted by molar-refractivity contribution is -0.138. The van der Waals surface area contributed by atoms with Crippen LogP contribution in [-0.2, 0) is 14.3 Å². The van der Waals surface area contributed by atoms with Gasteiger partial charge in [0.05, 0.1) is 24.4 Å². The third kappa shape index (κ3) is 0.825. The molecule has 3 nitrogen and oxygen atoms in total. The van der Waals surface area contributed by atoms with Crippen LogP contribution in [0.4, 0.5) is 0 Å². The van der Waals surface area contributed by atoms with E-state index in [2.05, 4.69) is 0 Å². The van der Waals surface area contributed by atoms with Crippen molar-refractivity contribution in [3.05, 3.63) is 0 Å². The van der Waals surface area contributed by atoms with Gasteiger partial charge in [-0.25, -0.2) is 0 Å². The van der Waals surface area contributed by atoms with Gasteiger partial charge in [0.1, 0.15) is 5.78 Å². The Morgan fingerprint density at radius 3 is 1.70 bits per heavy atom. The Morgan fingerprint density at radius 2 is 1.30 bits per heavy atom. The number of carbonyl (C=O) groups excluding carboxylic acids is 1. The van der Waals surface area contributed by atoms with Crippen LogP contribution in [0.3, 0.4) is 0 Å². The number of hydrogen-bond donors (Lipinski definition) is 0. The minimum atomic E-state index is 0.0389. The second kappa shape index (κ2) is 2.65. The van der Waals surface area contributed by atoms with Crippen molar-refractivity contribution in [2.75, 3.05) is 0 Å². The summed E-state index contributed by atoms with van der Waals surface area (Å²) in [6.07, 6.45) is 9.25. The van der Waals surface area contributed by atoms with Crippen LogP contribution in [0.25, 0.3) is 0 Å². The number of ketones is 1. The fourth-order valence-electron chi connectivity index (χ4n) is 7.85. The van der Waals surface area contributed by atoms with Crippen molar-refractivity contribution < 1.29 is 14.3 Å². The van der Waals surface area contributed by atoms with Gasteiger partial charge in [0.25, 0.3) is 0 Å². The molecule has 2 spiro atoms. The first-order chi connectivity index (χ1) is 9.73. The summed E-state index contributed by atoms with van der Waals surface area (Å²) in [6.45, 7) is 0. The lowest BCUT2D eigenvalue weighted by Gasteiger charge is -2.36. The van der Waals surface area contributed by atoms with Gasteiger partial charge in [-0.15, -0.1) is 0 Å². The highest BCUT2D eigenvalue weighted by atomic mass is 16.6. The van der Waals surface area contributed by atoms with Crippen molar-refractivity contribution in [1.82, 2.24) is 0 Å². The van der Waals surface area contributed by atoms with Crippen molar-refractivity contribution >= 4 is 5.78 Å². The van der Waals surface area contributed by atoms with E-state index >= 15 is 0 Å². The van der Waals surface area contributed by atoms with E-state index in [1.165, 1.54) is 25.7 Å². The standard InChI is InChI=1S/C17H20O3/c18-15-16(5-7-3-9(16)13-11(7)19-13)1-2-17(15)6-8-4-10(17)14-12(8)20-14/h7-14H,1-6H2. The maximum Gasteiger partial charge on any atom is 0.145 e. The van der Waals surface area contributed by atoms with E-state index in [0.717, 1.165) is 12.8 Å². The lowest BCUT2D eigenvalue weighted by Crippen LogP contribution is -2.44. The first-order valence-corrected chi connectivity index (χ1v) is 8.59. The van der Waals surface area contributed by atoms with Gasteiger partial charge in [-0.05, 0) is 50.4 Å². The molecule has 0 aromatic heterocycles. The van der Waals surface area contributed by atoms with Gasteiger partial charge in [-0.2, -0.15) is 0 Å². The maximum atomic E-state index is 13.6. The Hall–Kier alpha value is -0.410. The second-order valence-corrected chi connectivity index (χ2v) is 8.88. The normalized spacial score (nSPS) is 73.9. The van der Waals surface area contributed by atoms with E-state index in [0.29, 0.717) is 53.9 Å². The third-order valence-electron chi connectivity index (χ3n) is 8.55. The molecule has 7 fully saturated rings. The Bertz CT molecular complexity index is 525. The summed E-state index contributed by atoms with van der Waals surface area (Å²) in [5, 5.41) is 0. The molecule has 20 heavy (non-hydrogen) atoms. The molecule has 0 amide bonds. The van der Waals surface area contributed by atoms with Crippen LogP contribution in [0.5, 0.6) is 0 Å². The predicted octanol–water partition coefficient (Wildman–Crippen LogP) is 1.94. The molecular weight excluding hydrogens is 252 g/mol.